The van der Waals surface area contributed by atoms with Gasteiger partial charge in [0.1, 0.15) is 0 Å². The van der Waals surface area contributed by atoms with Gasteiger partial charge in [-0.05, 0) is 80.1 Å². The Morgan fingerprint density at radius 2 is 1.81 bits per heavy atom. The van der Waals surface area contributed by atoms with Crippen LogP contribution in [0.15, 0.2) is 36.4 Å². The molecule has 0 aromatic heterocycles. The Kier molecular flexibility index (Phi) is 6.46. The van der Waals surface area contributed by atoms with Crippen LogP contribution < -0.4 is 14.8 Å². The summed E-state index contributed by atoms with van der Waals surface area (Å²) in [6.45, 7) is 3.94. The number of rotatable bonds is 5. The Hall–Kier alpha value is -2.60. The van der Waals surface area contributed by atoms with Crippen molar-refractivity contribution in [3.8, 4) is 11.5 Å². The standard InChI is InChI=1S/C25H30N2O3S/c1-16-6-4-5-7-21(16)26-25(31)27-10-8-17(9-11-27)12-19-13-18-14-22(29-2)23(30-3)15-20(18)24(19)28/h4-7,14-15,17,19H,8-13H2,1-3H3,(H,26,31). The van der Waals surface area contributed by atoms with Crippen LogP contribution >= 0.6 is 12.2 Å². The third-order valence-electron chi connectivity index (χ3n) is 6.62. The Morgan fingerprint density at radius 1 is 1.13 bits per heavy atom. The van der Waals surface area contributed by atoms with Crippen LogP contribution in [-0.4, -0.2) is 43.1 Å². The smallest absolute Gasteiger partial charge is 0.173 e. The zero-order valence-electron chi connectivity index (χ0n) is 18.4. The number of ether oxygens (including phenoxy) is 2. The van der Waals surface area contributed by atoms with Crippen LogP contribution in [0.3, 0.4) is 0 Å². The Labute approximate surface area is 189 Å². The molecule has 31 heavy (non-hydrogen) atoms. The topological polar surface area (TPSA) is 50.8 Å². The Balaban J connectivity index is 1.32. The summed E-state index contributed by atoms with van der Waals surface area (Å²) in [6, 6.07) is 12.0. The van der Waals surface area contributed by atoms with Gasteiger partial charge >= 0.3 is 0 Å². The number of nitrogens with zero attached hydrogens (tertiary/aromatic N) is 1. The summed E-state index contributed by atoms with van der Waals surface area (Å²) < 4.78 is 10.8. The number of Topliss-reactive ketones (excluding diaryl/α,β-unsaturated/α-hetero) is 1. The fraction of sp³-hybridized carbons (Fsp3) is 0.440. The zero-order valence-corrected chi connectivity index (χ0v) is 19.3. The highest BCUT2D eigenvalue weighted by molar-refractivity contribution is 7.80. The largest absolute Gasteiger partial charge is 0.493 e. The second-order valence-electron chi connectivity index (χ2n) is 8.54. The molecule has 2 aliphatic rings. The minimum atomic E-state index is 0.0559. The zero-order chi connectivity index (χ0) is 22.0. The number of ketones is 1. The number of methoxy groups -OCH3 is 2. The number of benzene rings is 2. The molecule has 1 unspecified atom stereocenters. The highest BCUT2D eigenvalue weighted by atomic mass is 32.1. The van der Waals surface area contributed by atoms with E-state index >= 15 is 0 Å². The van der Waals surface area contributed by atoms with Gasteiger partial charge in [-0.15, -0.1) is 0 Å². The molecule has 2 aromatic carbocycles. The molecule has 1 aliphatic carbocycles. The van der Waals surface area contributed by atoms with Gasteiger partial charge in [0.25, 0.3) is 0 Å². The first-order valence-electron chi connectivity index (χ1n) is 10.9. The van der Waals surface area contributed by atoms with Gasteiger partial charge in [0.05, 0.1) is 14.2 Å². The van der Waals surface area contributed by atoms with E-state index in [2.05, 4.69) is 29.3 Å². The van der Waals surface area contributed by atoms with Crippen LogP contribution in [0, 0.1) is 18.8 Å². The lowest BCUT2D eigenvalue weighted by Gasteiger charge is -2.34. The molecular formula is C25H30N2O3S. The molecule has 164 valence electrons. The lowest BCUT2D eigenvalue weighted by Crippen LogP contribution is -2.41. The van der Waals surface area contributed by atoms with Gasteiger partial charge in [0.2, 0.25) is 0 Å². The van der Waals surface area contributed by atoms with E-state index in [1.807, 2.05) is 24.3 Å². The van der Waals surface area contributed by atoms with E-state index in [1.54, 1.807) is 14.2 Å². The number of carbonyl (C=O) groups is 1. The molecule has 1 aliphatic heterocycles. The molecule has 1 fully saturated rings. The molecule has 0 radical (unpaired) electrons. The maximum Gasteiger partial charge on any atom is 0.173 e. The second-order valence-corrected chi connectivity index (χ2v) is 8.93. The van der Waals surface area contributed by atoms with Crippen molar-refractivity contribution >= 4 is 28.8 Å². The molecule has 0 amide bonds. The van der Waals surface area contributed by atoms with Crippen molar-refractivity contribution in [1.82, 2.24) is 4.90 Å². The monoisotopic (exact) mass is 438 g/mol. The molecule has 0 spiro atoms. The number of anilines is 1. The highest BCUT2D eigenvalue weighted by Gasteiger charge is 2.34. The molecule has 2 aromatic rings. The minimum Gasteiger partial charge on any atom is -0.493 e. The van der Waals surface area contributed by atoms with Gasteiger partial charge in [-0.25, -0.2) is 0 Å². The lowest BCUT2D eigenvalue weighted by atomic mass is 9.85. The molecule has 5 nitrogen and oxygen atoms in total. The summed E-state index contributed by atoms with van der Waals surface area (Å²) in [5.74, 6) is 2.16. The molecule has 1 N–H and O–H groups in total. The lowest BCUT2D eigenvalue weighted by molar-refractivity contribution is 0.0907. The SMILES string of the molecule is COc1cc2c(cc1OC)C(=O)C(CC1CCN(C(=S)Nc3ccccc3C)CC1)C2. The van der Waals surface area contributed by atoms with Gasteiger partial charge in [-0.1, -0.05) is 18.2 Å². The van der Waals surface area contributed by atoms with Gasteiger partial charge in [0, 0.05) is 30.3 Å². The molecule has 4 rings (SSSR count). The van der Waals surface area contributed by atoms with Crippen LogP contribution in [0.1, 0.15) is 40.7 Å². The first kappa shape index (κ1) is 21.6. The maximum absolute atomic E-state index is 13.0. The number of hydrogen-bond donors (Lipinski definition) is 1. The van der Waals surface area contributed by atoms with Crippen LogP contribution in [0.2, 0.25) is 0 Å². The summed E-state index contributed by atoms with van der Waals surface area (Å²) in [6.07, 6.45) is 3.84. The van der Waals surface area contributed by atoms with Gasteiger partial charge in [-0.2, -0.15) is 0 Å². The van der Waals surface area contributed by atoms with Gasteiger partial charge < -0.3 is 19.7 Å². The van der Waals surface area contributed by atoms with Gasteiger partial charge in [0.15, 0.2) is 22.4 Å². The Bertz CT molecular complexity index is 983. The Morgan fingerprint density at radius 3 is 2.48 bits per heavy atom. The summed E-state index contributed by atoms with van der Waals surface area (Å²) in [7, 11) is 3.23. The van der Waals surface area contributed by atoms with E-state index < -0.39 is 0 Å². The van der Waals surface area contributed by atoms with E-state index in [9.17, 15) is 4.79 Å². The fourth-order valence-electron chi connectivity index (χ4n) is 4.77. The fourth-order valence-corrected chi connectivity index (χ4v) is 5.06. The number of piperidine rings is 1. The number of para-hydroxylation sites is 1. The summed E-state index contributed by atoms with van der Waals surface area (Å²) in [5, 5.41) is 4.18. The maximum atomic E-state index is 13.0. The average molecular weight is 439 g/mol. The van der Waals surface area contributed by atoms with Crippen LogP contribution in [0.4, 0.5) is 5.69 Å². The minimum absolute atomic E-state index is 0.0559. The third-order valence-corrected chi connectivity index (χ3v) is 6.98. The first-order valence-corrected chi connectivity index (χ1v) is 11.3. The van der Waals surface area contributed by atoms with Crippen molar-refractivity contribution < 1.29 is 14.3 Å². The van der Waals surface area contributed by atoms with Gasteiger partial charge in [-0.3, -0.25) is 4.79 Å². The van der Waals surface area contributed by atoms with Crippen LogP contribution in [-0.2, 0) is 6.42 Å². The number of hydrogen-bond acceptors (Lipinski definition) is 4. The van der Waals surface area contributed by atoms with Crippen molar-refractivity contribution in [3.05, 3.63) is 53.1 Å². The number of likely N-dealkylation sites (tertiary alicyclic amines) is 1. The van der Waals surface area contributed by atoms with E-state index in [-0.39, 0.29) is 11.7 Å². The van der Waals surface area contributed by atoms with Crippen molar-refractivity contribution in [2.24, 2.45) is 11.8 Å². The molecule has 0 saturated carbocycles. The predicted molar refractivity (Wildman–Crippen MR) is 127 cm³/mol. The average Bonchev–Trinajstić information content (AvgIpc) is 3.09. The van der Waals surface area contributed by atoms with E-state index in [0.29, 0.717) is 17.4 Å². The van der Waals surface area contributed by atoms with E-state index in [4.69, 9.17) is 21.7 Å². The number of thiocarbonyl (C=S) groups is 1. The van der Waals surface area contributed by atoms with Crippen molar-refractivity contribution in [2.75, 3.05) is 32.6 Å². The number of carbonyl (C=O) groups excluding carboxylic acids is 1. The normalized spacial score (nSPS) is 18.6. The number of aryl methyl sites for hydroxylation is 1. The van der Waals surface area contributed by atoms with Crippen molar-refractivity contribution in [1.29, 1.82) is 0 Å². The molecular weight excluding hydrogens is 408 g/mol. The quantitative estimate of drug-likeness (QED) is 0.673. The van der Waals surface area contributed by atoms with Crippen LogP contribution in [0.25, 0.3) is 0 Å². The second kappa shape index (κ2) is 9.27. The summed E-state index contributed by atoms with van der Waals surface area (Å²) in [5.41, 5.74) is 4.12. The molecule has 0 bridgehead atoms. The summed E-state index contributed by atoms with van der Waals surface area (Å²) in [4.78, 5) is 15.3. The molecule has 1 heterocycles. The molecule has 6 heteroatoms. The highest BCUT2D eigenvalue weighted by Crippen LogP contribution is 2.39. The number of fused-ring (bicyclic) bond motifs is 1. The van der Waals surface area contributed by atoms with Crippen molar-refractivity contribution in [3.63, 3.8) is 0 Å². The first-order chi connectivity index (χ1) is 15.0. The summed E-state index contributed by atoms with van der Waals surface area (Å²) >= 11 is 5.65. The van der Waals surface area contributed by atoms with E-state index in [0.717, 1.165) is 60.7 Å². The molecule has 1 saturated heterocycles. The predicted octanol–water partition coefficient (Wildman–Crippen LogP) is 4.87. The third kappa shape index (κ3) is 4.54. The molecule has 1 atom stereocenters. The van der Waals surface area contributed by atoms with E-state index in [1.165, 1.54) is 5.56 Å². The van der Waals surface area contributed by atoms with Crippen molar-refractivity contribution in [2.45, 2.75) is 32.6 Å². The van der Waals surface area contributed by atoms with Crippen LogP contribution in [0.5, 0.6) is 11.5 Å². The number of nitrogens with one attached hydrogen (secondary N) is 1.